The summed E-state index contributed by atoms with van der Waals surface area (Å²) < 4.78 is 68.2. The number of rotatable bonds is 9. The molecule has 0 spiro atoms. The highest BCUT2D eigenvalue weighted by atomic mass is 35.5. The Labute approximate surface area is 244 Å². The van der Waals surface area contributed by atoms with Crippen LogP contribution in [0.3, 0.4) is 0 Å². The molecule has 0 bridgehead atoms. The number of thioether (sulfide) groups is 1. The number of carbonyl (C=O) groups is 1. The monoisotopic (exact) mass is 624 g/mol. The number of alkyl halides is 3. The number of carbonyl (C=O) groups excluding carboxylic acids is 1. The first-order chi connectivity index (χ1) is 18.9. The van der Waals surface area contributed by atoms with E-state index in [-0.39, 0.29) is 9.92 Å². The molecule has 40 heavy (non-hydrogen) atoms. The third-order valence-electron chi connectivity index (χ3n) is 5.63. The van der Waals surface area contributed by atoms with Gasteiger partial charge in [0, 0.05) is 15.7 Å². The maximum absolute atomic E-state index is 13.6. The molecule has 1 N–H and O–H groups in total. The number of hydrogen-bond acceptors (Lipinski definition) is 4. The predicted molar refractivity (Wildman–Crippen MR) is 154 cm³/mol. The lowest BCUT2D eigenvalue weighted by molar-refractivity contribution is -0.137. The minimum Gasteiger partial charge on any atom is -0.323 e. The number of hydrogen-bond donors (Lipinski definition) is 1. The maximum atomic E-state index is 13.6. The third kappa shape index (κ3) is 7.31. The molecule has 5 nitrogen and oxygen atoms in total. The number of nitrogens with one attached hydrogen (secondary N) is 1. The van der Waals surface area contributed by atoms with Gasteiger partial charge in [-0.25, -0.2) is 8.42 Å². The highest BCUT2D eigenvalue weighted by Crippen LogP contribution is 2.37. The van der Waals surface area contributed by atoms with Gasteiger partial charge in [0.05, 0.1) is 26.9 Å². The van der Waals surface area contributed by atoms with Gasteiger partial charge in [-0.1, -0.05) is 65.7 Å². The highest BCUT2D eigenvalue weighted by molar-refractivity contribution is 7.98. The van der Waals surface area contributed by atoms with Crippen LogP contribution in [0.25, 0.3) is 0 Å². The second-order valence-electron chi connectivity index (χ2n) is 8.45. The summed E-state index contributed by atoms with van der Waals surface area (Å²) in [6.45, 7) is -0.825. The molecule has 1 amide bonds. The molecule has 0 radical (unpaired) electrons. The lowest BCUT2D eigenvalue weighted by atomic mass is 10.2. The number of anilines is 2. The van der Waals surface area contributed by atoms with Gasteiger partial charge >= 0.3 is 6.18 Å². The summed E-state index contributed by atoms with van der Waals surface area (Å²) >= 11 is 13.6. The average Bonchev–Trinajstić information content (AvgIpc) is 2.92. The summed E-state index contributed by atoms with van der Waals surface area (Å²) in [6.07, 6.45) is -4.76. The van der Waals surface area contributed by atoms with Crippen LogP contribution in [-0.2, 0) is 26.7 Å². The lowest BCUT2D eigenvalue weighted by Crippen LogP contribution is -2.38. The predicted octanol–water partition coefficient (Wildman–Crippen LogP) is 8.14. The number of para-hydroxylation sites is 1. The van der Waals surface area contributed by atoms with Gasteiger partial charge in [0.1, 0.15) is 6.54 Å². The molecule has 0 aliphatic heterocycles. The van der Waals surface area contributed by atoms with Gasteiger partial charge < -0.3 is 5.32 Å². The van der Waals surface area contributed by atoms with Gasteiger partial charge in [0.2, 0.25) is 5.91 Å². The fraction of sp³-hybridized carbons (Fsp3) is 0.107. The summed E-state index contributed by atoms with van der Waals surface area (Å²) in [4.78, 5) is 13.7. The lowest BCUT2D eigenvalue weighted by Gasteiger charge is -2.26. The summed E-state index contributed by atoms with van der Waals surface area (Å²) in [5.41, 5.74) is -0.168. The molecule has 0 saturated heterocycles. The Morgan fingerprint density at radius 1 is 0.875 bits per heavy atom. The fourth-order valence-corrected chi connectivity index (χ4v) is 6.47. The Hall–Kier alpha value is -3.18. The Kier molecular flexibility index (Phi) is 9.35. The van der Waals surface area contributed by atoms with Crippen LogP contribution < -0.4 is 9.62 Å². The van der Waals surface area contributed by atoms with E-state index >= 15 is 0 Å². The molecule has 4 aromatic rings. The molecule has 0 unspecified atom stereocenters. The SMILES string of the molecule is O=C(CN(c1cc(C(F)(F)F)ccc1Cl)S(=O)(=O)c1ccccc1)Nc1ccccc1SCc1ccc(Cl)cc1. The van der Waals surface area contributed by atoms with E-state index in [2.05, 4.69) is 5.32 Å². The van der Waals surface area contributed by atoms with Crippen LogP contribution in [-0.4, -0.2) is 20.9 Å². The standard InChI is InChI=1S/C28H21Cl2F3N2O3S2/c29-21-13-10-19(11-14-21)18-39-26-9-5-4-8-24(26)34-27(36)17-35(40(37,38)22-6-2-1-3-7-22)25-16-20(28(31,32)33)12-15-23(25)30/h1-16H,17-18H2,(H,34,36). The average molecular weight is 626 g/mol. The van der Waals surface area contributed by atoms with Crippen molar-refractivity contribution in [3.8, 4) is 0 Å². The number of amides is 1. The van der Waals surface area contributed by atoms with Crippen LogP contribution in [0, 0.1) is 0 Å². The second-order valence-corrected chi connectivity index (χ2v) is 12.2. The van der Waals surface area contributed by atoms with Crippen molar-refractivity contribution in [2.45, 2.75) is 21.7 Å². The fourth-order valence-electron chi connectivity index (χ4n) is 3.66. The molecule has 0 heterocycles. The third-order valence-corrected chi connectivity index (χ3v) is 9.12. The minimum absolute atomic E-state index is 0.213. The minimum atomic E-state index is -4.76. The van der Waals surface area contributed by atoms with Gasteiger partial charge in [0.25, 0.3) is 10.0 Å². The molecular weight excluding hydrogens is 604 g/mol. The maximum Gasteiger partial charge on any atom is 0.416 e. The summed E-state index contributed by atoms with van der Waals surface area (Å²) in [5, 5.41) is 3.04. The quantitative estimate of drug-likeness (QED) is 0.191. The molecule has 0 aromatic heterocycles. The van der Waals surface area contributed by atoms with E-state index in [9.17, 15) is 26.4 Å². The normalized spacial score (nSPS) is 11.7. The molecule has 0 saturated carbocycles. The largest absolute Gasteiger partial charge is 0.416 e. The van der Waals surface area contributed by atoms with Crippen molar-refractivity contribution in [3.63, 3.8) is 0 Å². The van der Waals surface area contributed by atoms with Crippen molar-refractivity contribution >= 4 is 62.3 Å². The van der Waals surface area contributed by atoms with Gasteiger partial charge in [-0.3, -0.25) is 9.10 Å². The van der Waals surface area contributed by atoms with Crippen molar-refractivity contribution in [2.75, 3.05) is 16.2 Å². The van der Waals surface area contributed by atoms with Crippen molar-refractivity contribution < 1.29 is 26.4 Å². The van der Waals surface area contributed by atoms with Crippen LogP contribution in [0.5, 0.6) is 0 Å². The van der Waals surface area contributed by atoms with Gasteiger partial charge in [-0.15, -0.1) is 11.8 Å². The number of sulfonamides is 1. The Morgan fingerprint density at radius 2 is 1.52 bits per heavy atom. The first-order valence-electron chi connectivity index (χ1n) is 11.7. The first kappa shape index (κ1) is 29.8. The van der Waals surface area contributed by atoms with E-state index in [4.69, 9.17) is 23.2 Å². The van der Waals surface area contributed by atoms with Crippen LogP contribution in [0.2, 0.25) is 10.0 Å². The van der Waals surface area contributed by atoms with E-state index in [0.29, 0.717) is 31.7 Å². The molecule has 0 aliphatic carbocycles. The van der Waals surface area contributed by atoms with Gasteiger partial charge in [-0.2, -0.15) is 13.2 Å². The van der Waals surface area contributed by atoms with Crippen molar-refractivity contribution in [2.24, 2.45) is 0 Å². The van der Waals surface area contributed by atoms with E-state index < -0.39 is 39.9 Å². The molecule has 4 aromatic carbocycles. The first-order valence-corrected chi connectivity index (χ1v) is 14.8. The topological polar surface area (TPSA) is 66.5 Å². The summed E-state index contributed by atoms with van der Waals surface area (Å²) in [7, 11) is -4.48. The van der Waals surface area contributed by atoms with Crippen molar-refractivity contribution in [1.82, 2.24) is 0 Å². The molecule has 0 atom stereocenters. The van der Waals surface area contributed by atoms with Crippen LogP contribution in [0.4, 0.5) is 24.5 Å². The summed E-state index contributed by atoms with van der Waals surface area (Å²) in [5.74, 6) is -0.203. The van der Waals surface area contributed by atoms with Gasteiger partial charge in [-0.05, 0) is 60.2 Å². The van der Waals surface area contributed by atoms with Crippen LogP contribution in [0.15, 0.2) is 107 Å². The zero-order valence-corrected chi connectivity index (χ0v) is 23.7. The van der Waals surface area contributed by atoms with Crippen LogP contribution in [0.1, 0.15) is 11.1 Å². The van der Waals surface area contributed by atoms with Crippen molar-refractivity contribution in [1.29, 1.82) is 0 Å². The molecular formula is C28H21Cl2F3N2O3S2. The van der Waals surface area contributed by atoms with Gasteiger partial charge in [0.15, 0.2) is 0 Å². The van der Waals surface area contributed by atoms with Crippen LogP contribution >= 0.6 is 35.0 Å². The molecule has 208 valence electrons. The molecule has 4 rings (SSSR count). The molecule has 0 fully saturated rings. The van der Waals surface area contributed by atoms with E-state index in [1.54, 1.807) is 42.5 Å². The zero-order valence-electron chi connectivity index (χ0n) is 20.5. The van der Waals surface area contributed by atoms with E-state index in [0.717, 1.165) is 17.7 Å². The highest BCUT2D eigenvalue weighted by Gasteiger charge is 2.34. The zero-order chi connectivity index (χ0) is 28.9. The smallest absolute Gasteiger partial charge is 0.323 e. The molecule has 12 heteroatoms. The molecule has 0 aliphatic rings. The number of nitrogens with zero attached hydrogens (tertiary/aromatic N) is 1. The Morgan fingerprint density at radius 3 is 2.20 bits per heavy atom. The number of halogens is 5. The Bertz CT molecular complexity index is 1600. The number of benzene rings is 4. The Balaban J connectivity index is 1.64. The van der Waals surface area contributed by atoms with Crippen molar-refractivity contribution in [3.05, 3.63) is 118 Å². The van der Waals surface area contributed by atoms with E-state index in [1.807, 2.05) is 12.1 Å². The summed E-state index contributed by atoms with van der Waals surface area (Å²) in [6, 6.07) is 23.6. The van der Waals surface area contributed by atoms with E-state index in [1.165, 1.54) is 36.0 Å². The second kappa shape index (κ2) is 12.6.